The lowest BCUT2D eigenvalue weighted by molar-refractivity contribution is -0.142. The van der Waals surface area contributed by atoms with Crippen molar-refractivity contribution in [1.82, 2.24) is 15.7 Å². The molecule has 1 fully saturated rings. The maximum absolute atomic E-state index is 12.6. The number of hydrogen-bond donors (Lipinski definition) is 3. The van der Waals surface area contributed by atoms with Gasteiger partial charge in [0.05, 0.1) is 7.11 Å². The van der Waals surface area contributed by atoms with Gasteiger partial charge in [-0.2, -0.15) is 0 Å². The molecule has 0 aliphatic carbocycles. The highest BCUT2D eigenvalue weighted by molar-refractivity contribution is 6.07. The molecule has 0 unspecified atom stereocenters. The number of carbonyl (C=O) groups is 3. The fourth-order valence-corrected chi connectivity index (χ4v) is 2.89. The smallest absolute Gasteiger partial charge is 0.325 e. The molecule has 1 aliphatic heterocycles. The van der Waals surface area contributed by atoms with Gasteiger partial charge in [-0.3, -0.25) is 14.8 Å². The Kier molecular flexibility index (Phi) is 5.97. The summed E-state index contributed by atoms with van der Waals surface area (Å²) in [4.78, 5) is 37.5. The van der Waals surface area contributed by atoms with Crippen LogP contribution in [0.2, 0.25) is 0 Å². The Hall–Kier alpha value is -2.61. The number of ether oxygens (including phenoxy) is 1. The predicted molar refractivity (Wildman–Crippen MR) is 89.0 cm³/mol. The summed E-state index contributed by atoms with van der Waals surface area (Å²) < 4.78 is 5.10. The lowest BCUT2D eigenvalue weighted by Gasteiger charge is -2.26. The Labute approximate surface area is 146 Å². The van der Waals surface area contributed by atoms with Crippen LogP contribution in [0.15, 0.2) is 24.3 Å². The minimum atomic E-state index is -1.05. The molecule has 8 heteroatoms. The van der Waals surface area contributed by atoms with Gasteiger partial charge in [-0.1, -0.05) is 26.0 Å². The molecule has 0 spiro atoms. The molecular weight excluding hydrogens is 326 g/mol. The fourth-order valence-electron chi connectivity index (χ4n) is 2.89. The van der Waals surface area contributed by atoms with Gasteiger partial charge in [-0.05, 0) is 36.5 Å². The number of aryl methyl sites for hydroxylation is 1. The van der Waals surface area contributed by atoms with Crippen molar-refractivity contribution in [3.05, 3.63) is 29.8 Å². The van der Waals surface area contributed by atoms with Crippen molar-refractivity contribution in [2.75, 3.05) is 7.11 Å². The Morgan fingerprint density at radius 3 is 2.48 bits per heavy atom. The van der Waals surface area contributed by atoms with Crippen molar-refractivity contribution in [2.24, 2.45) is 5.92 Å². The summed E-state index contributed by atoms with van der Waals surface area (Å²) in [5, 5.41) is 11.5. The van der Waals surface area contributed by atoms with Crippen molar-refractivity contribution in [3.63, 3.8) is 0 Å². The fraction of sp³-hybridized carbons (Fsp3) is 0.471. The molecule has 0 bridgehead atoms. The first-order valence-corrected chi connectivity index (χ1v) is 8.09. The second-order valence-corrected chi connectivity index (χ2v) is 6.26. The van der Waals surface area contributed by atoms with Crippen LogP contribution in [-0.4, -0.2) is 47.1 Å². The lowest BCUT2D eigenvalue weighted by Crippen LogP contribution is -2.52. The number of benzene rings is 1. The summed E-state index contributed by atoms with van der Waals surface area (Å²) >= 11 is 0. The third-order valence-corrected chi connectivity index (χ3v) is 4.22. The maximum atomic E-state index is 12.6. The van der Waals surface area contributed by atoms with E-state index in [1.54, 1.807) is 21.0 Å². The van der Waals surface area contributed by atoms with Gasteiger partial charge in [0.2, 0.25) is 0 Å². The summed E-state index contributed by atoms with van der Waals surface area (Å²) in [6.07, 6.45) is 1.01. The monoisotopic (exact) mass is 349 g/mol. The van der Waals surface area contributed by atoms with Gasteiger partial charge in [-0.15, -0.1) is 0 Å². The summed E-state index contributed by atoms with van der Waals surface area (Å²) in [7, 11) is 1.59. The molecule has 2 rings (SSSR count). The first-order valence-electron chi connectivity index (χ1n) is 8.09. The van der Waals surface area contributed by atoms with Gasteiger partial charge in [0.25, 0.3) is 11.8 Å². The van der Waals surface area contributed by atoms with Crippen molar-refractivity contribution in [2.45, 2.75) is 38.8 Å². The number of amides is 4. The highest BCUT2D eigenvalue weighted by atomic mass is 16.5. The highest BCUT2D eigenvalue weighted by Gasteiger charge is 2.45. The number of methoxy groups -OCH3 is 1. The number of nitrogens with zero attached hydrogens (tertiary/aromatic N) is 1. The van der Waals surface area contributed by atoms with E-state index >= 15 is 0 Å². The Balaban J connectivity index is 2.05. The zero-order valence-electron chi connectivity index (χ0n) is 14.5. The van der Waals surface area contributed by atoms with Gasteiger partial charge in [0.1, 0.15) is 17.8 Å². The van der Waals surface area contributed by atoms with E-state index in [1.165, 1.54) is 5.48 Å². The third kappa shape index (κ3) is 4.08. The summed E-state index contributed by atoms with van der Waals surface area (Å²) in [5.41, 5.74) is 2.53. The predicted octanol–water partition coefficient (Wildman–Crippen LogP) is 1.08. The second-order valence-electron chi connectivity index (χ2n) is 6.26. The number of carbonyl (C=O) groups excluding carboxylic acids is 3. The van der Waals surface area contributed by atoms with Gasteiger partial charge in [-0.25, -0.2) is 15.2 Å². The van der Waals surface area contributed by atoms with Crippen molar-refractivity contribution in [3.8, 4) is 5.75 Å². The number of rotatable bonds is 7. The molecule has 4 amide bonds. The summed E-state index contributed by atoms with van der Waals surface area (Å²) in [6.45, 7) is 3.40. The molecule has 25 heavy (non-hydrogen) atoms. The number of urea groups is 1. The number of imide groups is 1. The van der Waals surface area contributed by atoms with Crippen LogP contribution in [0.25, 0.3) is 0 Å². The Morgan fingerprint density at radius 1 is 1.32 bits per heavy atom. The van der Waals surface area contributed by atoms with Gasteiger partial charge in [0.15, 0.2) is 0 Å². The van der Waals surface area contributed by atoms with E-state index in [2.05, 4.69) is 5.32 Å². The zero-order valence-corrected chi connectivity index (χ0v) is 14.5. The minimum absolute atomic E-state index is 0.331. The van der Waals surface area contributed by atoms with E-state index < -0.39 is 29.9 Å². The standard InChI is InChI=1S/C17H23N3O5/c1-10(2)14(15(21)19-24)20-16(22)13(18-17(20)23)9-6-11-4-7-12(25-3)8-5-11/h4-5,7-8,10,13-14,24H,6,9H2,1-3H3,(H,18,23)(H,19,21)/t13-,14+/m0/s1. The van der Waals surface area contributed by atoms with Crippen LogP contribution in [0.4, 0.5) is 4.79 Å². The molecule has 1 aromatic rings. The molecule has 136 valence electrons. The first kappa shape index (κ1) is 18.7. The van der Waals surface area contributed by atoms with Crippen molar-refractivity contribution >= 4 is 17.8 Å². The molecule has 1 heterocycles. The van der Waals surface area contributed by atoms with Crippen molar-refractivity contribution in [1.29, 1.82) is 0 Å². The summed E-state index contributed by atoms with van der Waals surface area (Å²) in [5.74, 6) is -0.827. The van der Waals surface area contributed by atoms with Gasteiger partial charge < -0.3 is 10.1 Å². The average molecular weight is 349 g/mol. The first-order chi connectivity index (χ1) is 11.9. The van der Waals surface area contributed by atoms with Crippen LogP contribution in [-0.2, 0) is 16.0 Å². The van der Waals surface area contributed by atoms with E-state index in [1.807, 2.05) is 24.3 Å². The SMILES string of the molecule is COc1ccc(CC[C@@H]2NC(=O)N([C@@H](C(=O)NO)C(C)C)C2=O)cc1. The zero-order chi connectivity index (χ0) is 18.6. The molecule has 3 N–H and O–H groups in total. The second kappa shape index (κ2) is 7.98. The molecule has 1 saturated heterocycles. The minimum Gasteiger partial charge on any atom is -0.497 e. The largest absolute Gasteiger partial charge is 0.497 e. The molecule has 1 aromatic carbocycles. The summed E-state index contributed by atoms with van der Waals surface area (Å²) in [6, 6.07) is 5.09. The van der Waals surface area contributed by atoms with Crippen LogP contribution in [0, 0.1) is 5.92 Å². The van der Waals surface area contributed by atoms with Crippen LogP contribution in [0.5, 0.6) is 5.75 Å². The quantitative estimate of drug-likeness (QED) is 0.388. The van der Waals surface area contributed by atoms with E-state index in [0.717, 1.165) is 16.2 Å². The van der Waals surface area contributed by atoms with Crippen molar-refractivity contribution < 1.29 is 24.3 Å². The molecule has 0 saturated carbocycles. The van der Waals surface area contributed by atoms with Gasteiger partial charge >= 0.3 is 6.03 Å². The number of hydrogen-bond acceptors (Lipinski definition) is 5. The number of hydroxylamine groups is 1. The molecule has 1 aliphatic rings. The van der Waals surface area contributed by atoms with Crippen LogP contribution in [0.1, 0.15) is 25.8 Å². The van der Waals surface area contributed by atoms with Crippen LogP contribution >= 0.6 is 0 Å². The lowest BCUT2D eigenvalue weighted by atomic mass is 10.0. The number of nitrogens with one attached hydrogen (secondary N) is 2. The third-order valence-electron chi connectivity index (χ3n) is 4.22. The molecule has 0 radical (unpaired) electrons. The highest BCUT2D eigenvalue weighted by Crippen LogP contribution is 2.20. The Morgan fingerprint density at radius 2 is 1.96 bits per heavy atom. The average Bonchev–Trinajstić information content (AvgIpc) is 2.88. The normalized spacial score (nSPS) is 18.3. The molecule has 2 atom stereocenters. The van der Waals surface area contributed by atoms with E-state index in [4.69, 9.17) is 9.94 Å². The van der Waals surface area contributed by atoms with E-state index in [-0.39, 0.29) is 5.92 Å². The molecule has 0 aromatic heterocycles. The molecular formula is C17H23N3O5. The Bertz CT molecular complexity index is 644. The van der Waals surface area contributed by atoms with Gasteiger partial charge in [0, 0.05) is 0 Å². The van der Waals surface area contributed by atoms with E-state index in [9.17, 15) is 14.4 Å². The molecule has 8 nitrogen and oxygen atoms in total. The van der Waals surface area contributed by atoms with E-state index in [0.29, 0.717) is 12.8 Å². The topological polar surface area (TPSA) is 108 Å². The maximum Gasteiger partial charge on any atom is 0.325 e. The van der Waals surface area contributed by atoms with Crippen LogP contribution in [0.3, 0.4) is 0 Å². The van der Waals surface area contributed by atoms with Crippen LogP contribution < -0.4 is 15.5 Å².